The number of furan rings is 1. The van der Waals surface area contributed by atoms with Crippen molar-refractivity contribution in [2.45, 2.75) is 31.7 Å². The van der Waals surface area contributed by atoms with Gasteiger partial charge in [-0.2, -0.15) is 0 Å². The highest BCUT2D eigenvalue weighted by molar-refractivity contribution is 9.10. The Hall–Kier alpha value is -0.530. The van der Waals surface area contributed by atoms with Crippen molar-refractivity contribution in [1.82, 2.24) is 5.32 Å². The van der Waals surface area contributed by atoms with Crippen LogP contribution in [0.2, 0.25) is 0 Å². The molecule has 5 nitrogen and oxygen atoms in total. The molecule has 0 bridgehead atoms. The number of halogens is 2. The van der Waals surface area contributed by atoms with Crippen LogP contribution < -0.4 is 5.32 Å². The molecule has 0 aliphatic rings. The molecule has 0 aromatic carbocycles. The van der Waals surface area contributed by atoms with Crippen LogP contribution in [0.15, 0.2) is 20.0 Å². The standard InChI is InChI=1S/C10H13BrClNO4S/c1-5(2)6(3)13-10(14)7-4-8(9(11)17-7)18(12,15)16/h4-6H,1-3H3,(H,13,14). The molecular formula is C10H13BrClNO4S. The summed E-state index contributed by atoms with van der Waals surface area (Å²) in [7, 11) is 1.25. The van der Waals surface area contributed by atoms with E-state index in [1.165, 1.54) is 0 Å². The second kappa shape index (κ2) is 5.63. The van der Waals surface area contributed by atoms with Crippen molar-refractivity contribution >= 4 is 41.6 Å². The molecule has 1 atom stereocenters. The van der Waals surface area contributed by atoms with Gasteiger partial charge in [0.1, 0.15) is 4.90 Å². The van der Waals surface area contributed by atoms with Crippen LogP contribution in [-0.2, 0) is 9.05 Å². The van der Waals surface area contributed by atoms with Gasteiger partial charge in [0.25, 0.3) is 15.0 Å². The average Bonchev–Trinajstić information content (AvgIpc) is 2.59. The molecule has 0 spiro atoms. The number of rotatable bonds is 4. The average molecular weight is 359 g/mol. The third kappa shape index (κ3) is 3.73. The molecule has 1 aromatic heterocycles. The van der Waals surface area contributed by atoms with Gasteiger partial charge in [0.15, 0.2) is 10.4 Å². The van der Waals surface area contributed by atoms with Crippen molar-refractivity contribution in [3.05, 3.63) is 16.5 Å². The Kier molecular flexibility index (Phi) is 4.85. The highest BCUT2D eigenvalue weighted by Gasteiger charge is 2.24. The van der Waals surface area contributed by atoms with Crippen molar-refractivity contribution < 1.29 is 17.6 Å². The summed E-state index contributed by atoms with van der Waals surface area (Å²) in [5.41, 5.74) is 0. The van der Waals surface area contributed by atoms with Gasteiger partial charge in [-0.05, 0) is 28.8 Å². The second-order valence-corrected chi connectivity index (χ2v) is 7.45. The summed E-state index contributed by atoms with van der Waals surface area (Å²) in [6, 6.07) is 1.03. The Labute approximate surface area is 118 Å². The molecule has 1 unspecified atom stereocenters. The van der Waals surface area contributed by atoms with Gasteiger partial charge in [-0.1, -0.05) is 13.8 Å². The first kappa shape index (κ1) is 15.5. The van der Waals surface area contributed by atoms with Crippen LogP contribution in [0.3, 0.4) is 0 Å². The lowest BCUT2D eigenvalue weighted by atomic mass is 10.1. The number of carbonyl (C=O) groups is 1. The van der Waals surface area contributed by atoms with E-state index in [2.05, 4.69) is 21.2 Å². The van der Waals surface area contributed by atoms with Crippen molar-refractivity contribution in [3.63, 3.8) is 0 Å². The van der Waals surface area contributed by atoms with Gasteiger partial charge in [0.05, 0.1) is 0 Å². The number of carbonyl (C=O) groups excluding carboxylic acids is 1. The van der Waals surface area contributed by atoms with Crippen LogP contribution >= 0.6 is 26.6 Å². The normalized spacial score (nSPS) is 13.7. The van der Waals surface area contributed by atoms with Crippen LogP contribution in [0.1, 0.15) is 31.3 Å². The van der Waals surface area contributed by atoms with Crippen LogP contribution in [0.5, 0.6) is 0 Å². The first-order chi connectivity index (χ1) is 8.12. The number of hydrogen-bond donors (Lipinski definition) is 1. The quantitative estimate of drug-likeness (QED) is 0.840. The molecule has 0 saturated carbocycles. The van der Waals surface area contributed by atoms with E-state index in [0.29, 0.717) is 0 Å². The van der Waals surface area contributed by atoms with Gasteiger partial charge in [0, 0.05) is 22.8 Å². The third-order valence-corrected chi connectivity index (χ3v) is 4.68. The largest absolute Gasteiger partial charge is 0.443 e. The van der Waals surface area contributed by atoms with E-state index in [-0.39, 0.29) is 27.3 Å². The molecule has 0 aliphatic heterocycles. The Morgan fingerprint density at radius 1 is 1.44 bits per heavy atom. The zero-order valence-electron chi connectivity index (χ0n) is 10.0. The first-order valence-corrected chi connectivity index (χ1v) is 8.28. The molecule has 1 rings (SSSR count). The molecule has 8 heteroatoms. The first-order valence-electron chi connectivity index (χ1n) is 5.17. The Balaban J connectivity index is 2.96. The molecule has 0 radical (unpaired) electrons. The predicted octanol–water partition coefficient (Wildman–Crippen LogP) is 2.74. The molecule has 18 heavy (non-hydrogen) atoms. The van der Waals surface area contributed by atoms with Crippen molar-refractivity contribution in [1.29, 1.82) is 0 Å². The molecule has 1 amide bonds. The van der Waals surface area contributed by atoms with Gasteiger partial charge in [-0.3, -0.25) is 4.79 Å². The summed E-state index contributed by atoms with van der Waals surface area (Å²) < 4.78 is 27.3. The summed E-state index contributed by atoms with van der Waals surface area (Å²) in [4.78, 5) is 11.5. The van der Waals surface area contributed by atoms with Gasteiger partial charge < -0.3 is 9.73 Å². The summed E-state index contributed by atoms with van der Waals surface area (Å²) in [5, 5.41) is 2.70. The highest BCUT2D eigenvalue weighted by Crippen LogP contribution is 2.28. The fourth-order valence-corrected chi connectivity index (χ4v) is 3.11. The Morgan fingerprint density at radius 2 is 2.00 bits per heavy atom. The van der Waals surface area contributed by atoms with E-state index in [4.69, 9.17) is 15.1 Å². The van der Waals surface area contributed by atoms with Gasteiger partial charge in [-0.15, -0.1) is 0 Å². The molecule has 0 aliphatic carbocycles. The van der Waals surface area contributed by atoms with Gasteiger partial charge in [-0.25, -0.2) is 8.42 Å². The van der Waals surface area contributed by atoms with Crippen LogP contribution in [0.25, 0.3) is 0 Å². The predicted molar refractivity (Wildman–Crippen MR) is 71.2 cm³/mol. The minimum absolute atomic E-state index is 0.0579. The van der Waals surface area contributed by atoms with Crippen LogP contribution in [0, 0.1) is 5.92 Å². The van der Waals surface area contributed by atoms with Crippen molar-refractivity contribution in [3.8, 4) is 0 Å². The molecular weight excluding hydrogens is 346 g/mol. The minimum Gasteiger partial charge on any atom is -0.443 e. The molecule has 1 N–H and O–H groups in total. The maximum Gasteiger partial charge on any atom is 0.287 e. The van der Waals surface area contributed by atoms with E-state index in [0.717, 1.165) is 6.07 Å². The summed E-state index contributed by atoms with van der Waals surface area (Å²) in [6.45, 7) is 5.76. The summed E-state index contributed by atoms with van der Waals surface area (Å²) >= 11 is 2.91. The van der Waals surface area contributed by atoms with Gasteiger partial charge in [0.2, 0.25) is 0 Å². The molecule has 1 heterocycles. The highest BCUT2D eigenvalue weighted by atomic mass is 79.9. The Morgan fingerprint density at radius 3 is 2.39 bits per heavy atom. The van der Waals surface area contributed by atoms with E-state index in [9.17, 15) is 13.2 Å². The van der Waals surface area contributed by atoms with E-state index < -0.39 is 15.0 Å². The van der Waals surface area contributed by atoms with E-state index >= 15 is 0 Å². The zero-order chi connectivity index (χ0) is 14.1. The third-order valence-electron chi connectivity index (χ3n) is 2.50. The summed E-state index contributed by atoms with van der Waals surface area (Å²) in [6.07, 6.45) is 0. The number of nitrogens with one attached hydrogen (secondary N) is 1. The monoisotopic (exact) mass is 357 g/mol. The van der Waals surface area contributed by atoms with Crippen molar-refractivity contribution in [2.24, 2.45) is 5.92 Å². The smallest absolute Gasteiger partial charge is 0.287 e. The molecule has 0 saturated heterocycles. The topological polar surface area (TPSA) is 76.4 Å². The van der Waals surface area contributed by atoms with Crippen LogP contribution in [0.4, 0.5) is 0 Å². The van der Waals surface area contributed by atoms with E-state index in [1.54, 1.807) is 0 Å². The van der Waals surface area contributed by atoms with Crippen molar-refractivity contribution in [2.75, 3.05) is 0 Å². The lowest BCUT2D eigenvalue weighted by Gasteiger charge is -2.16. The lowest BCUT2D eigenvalue weighted by molar-refractivity contribution is 0.0901. The maximum absolute atomic E-state index is 11.8. The molecule has 0 fully saturated rings. The second-order valence-electron chi connectivity index (χ2n) is 4.19. The number of hydrogen-bond acceptors (Lipinski definition) is 4. The SMILES string of the molecule is CC(C)C(C)NC(=O)c1cc(S(=O)(=O)Cl)c(Br)o1. The van der Waals surface area contributed by atoms with E-state index in [1.807, 2.05) is 20.8 Å². The van der Waals surface area contributed by atoms with Gasteiger partial charge >= 0.3 is 0 Å². The van der Waals surface area contributed by atoms with Crippen LogP contribution in [-0.4, -0.2) is 20.4 Å². The lowest BCUT2D eigenvalue weighted by Crippen LogP contribution is -2.35. The minimum atomic E-state index is -3.94. The molecule has 1 aromatic rings. The molecule has 102 valence electrons. The Bertz CT molecular complexity index is 552. The fraction of sp³-hybridized carbons (Fsp3) is 0.500. The summed E-state index contributed by atoms with van der Waals surface area (Å²) in [5.74, 6) is -0.333. The maximum atomic E-state index is 11.8. The fourth-order valence-electron chi connectivity index (χ4n) is 1.07. The number of amides is 1. The zero-order valence-corrected chi connectivity index (χ0v) is 13.2.